The van der Waals surface area contributed by atoms with Gasteiger partial charge >= 0.3 is 0 Å². The van der Waals surface area contributed by atoms with Crippen molar-refractivity contribution in [1.82, 2.24) is 5.32 Å². The van der Waals surface area contributed by atoms with Crippen LogP contribution in [0.15, 0.2) is 23.1 Å². The number of nitrogens with two attached hydrogens (primary N) is 1. The Morgan fingerprint density at radius 3 is 2.68 bits per heavy atom. The smallest absolute Gasteiger partial charge is 0.233 e. The van der Waals surface area contributed by atoms with Gasteiger partial charge in [-0.15, -0.1) is 11.8 Å². The minimum Gasteiger partial charge on any atom is -0.398 e. The Hall–Kier alpha value is -1.23. The maximum absolute atomic E-state index is 12.9. The fourth-order valence-corrected chi connectivity index (χ4v) is 2.28. The van der Waals surface area contributed by atoms with Gasteiger partial charge in [0, 0.05) is 16.1 Å². The van der Waals surface area contributed by atoms with Crippen LogP contribution < -0.4 is 11.1 Å². The highest BCUT2D eigenvalue weighted by Gasteiger charge is 2.22. The molecule has 0 heterocycles. The fourth-order valence-electron chi connectivity index (χ4n) is 1.39. The first-order valence-corrected chi connectivity index (χ1v) is 7.17. The number of nitrogens with one attached hydrogen (secondary N) is 1. The van der Waals surface area contributed by atoms with E-state index in [1.165, 1.54) is 23.9 Å². The van der Waals surface area contributed by atoms with Crippen LogP contribution >= 0.6 is 11.8 Å². The summed E-state index contributed by atoms with van der Waals surface area (Å²) in [7, 11) is 0. The highest BCUT2D eigenvalue weighted by molar-refractivity contribution is 8.00. The summed E-state index contributed by atoms with van der Waals surface area (Å²) >= 11 is 1.33. The van der Waals surface area contributed by atoms with E-state index in [1.807, 2.05) is 27.7 Å². The van der Waals surface area contributed by atoms with Crippen molar-refractivity contribution in [2.75, 3.05) is 5.73 Å². The minimum atomic E-state index is -0.369. The molecule has 0 aliphatic heterocycles. The second-order valence-electron chi connectivity index (χ2n) is 5.17. The number of benzene rings is 1. The van der Waals surface area contributed by atoms with E-state index < -0.39 is 0 Å². The van der Waals surface area contributed by atoms with Gasteiger partial charge in [-0.25, -0.2) is 4.39 Å². The number of halogens is 1. The molecule has 0 spiro atoms. The Labute approximate surface area is 118 Å². The third kappa shape index (κ3) is 4.74. The molecule has 0 saturated carbocycles. The molecule has 0 saturated heterocycles. The molecule has 0 aliphatic rings. The van der Waals surface area contributed by atoms with Crippen molar-refractivity contribution < 1.29 is 9.18 Å². The number of carbonyl (C=O) groups excluding carboxylic acids is 1. The molecule has 1 unspecified atom stereocenters. The molecular formula is C14H21FN2OS. The Balaban J connectivity index is 2.69. The fraction of sp³-hybridized carbons (Fsp3) is 0.500. The van der Waals surface area contributed by atoms with Crippen LogP contribution in [0.25, 0.3) is 0 Å². The van der Waals surface area contributed by atoms with Crippen molar-refractivity contribution in [1.29, 1.82) is 0 Å². The number of anilines is 1. The van der Waals surface area contributed by atoms with Gasteiger partial charge in [-0.3, -0.25) is 4.79 Å². The predicted molar refractivity (Wildman–Crippen MR) is 78.6 cm³/mol. The average molecular weight is 284 g/mol. The van der Waals surface area contributed by atoms with Crippen LogP contribution in [0.2, 0.25) is 0 Å². The Bertz CT molecular complexity index is 463. The Morgan fingerprint density at radius 1 is 1.53 bits per heavy atom. The van der Waals surface area contributed by atoms with Gasteiger partial charge in [0.2, 0.25) is 5.91 Å². The first-order chi connectivity index (χ1) is 8.75. The average Bonchev–Trinajstić information content (AvgIpc) is 2.32. The van der Waals surface area contributed by atoms with Crippen LogP contribution in [-0.2, 0) is 4.79 Å². The quantitative estimate of drug-likeness (QED) is 0.645. The van der Waals surface area contributed by atoms with Crippen LogP contribution in [-0.4, -0.2) is 16.7 Å². The van der Waals surface area contributed by atoms with Gasteiger partial charge in [0.15, 0.2) is 0 Å². The van der Waals surface area contributed by atoms with Crippen molar-refractivity contribution in [2.24, 2.45) is 0 Å². The van der Waals surface area contributed by atoms with Gasteiger partial charge in [0.25, 0.3) is 0 Å². The molecule has 5 heteroatoms. The predicted octanol–water partition coefficient (Wildman–Crippen LogP) is 3.19. The van der Waals surface area contributed by atoms with Crippen LogP contribution in [0.5, 0.6) is 0 Å². The van der Waals surface area contributed by atoms with Crippen molar-refractivity contribution in [3.63, 3.8) is 0 Å². The van der Waals surface area contributed by atoms with Crippen molar-refractivity contribution in [3.05, 3.63) is 24.0 Å². The molecule has 3 N–H and O–H groups in total. The monoisotopic (exact) mass is 284 g/mol. The zero-order valence-corrected chi connectivity index (χ0v) is 12.6. The maximum Gasteiger partial charge on any atom is 0.233 e. The topological polar surface area (TPSA) is 55.1 Å². The van der Waals surface area contributed by atoms with Gasteiger partial charge in [0.1, 0.15) is 5.82 Å². The molecule has 1 aromatic rings. The lowest BCUT2D eigenvalue weighted by molar-refractivity contribution is -0.121. The minimum absolute atomic E-state index is 0.0411. The molecule has 3 nitrogen and oxygen atoms in total. The lowest BCUT2D eigenvalue weighted by Gasteiger charge is -2.26. The van der Waals surface area contributed by atoms with E-state index in [1.54, 1.807) is 6.07 Å². The van der Waals surface area contributed by atoms with E-state index in [0.717, 1.165) is 11.3 Å². The summed E-state index contributed by atoms with van der Waals surface area (Å²) in [5.74, 6) is -0.411. The second kappa shape index (κ2) is 6.28. The van der Waals surface area contributed by atoms with Crippen LogP contribution in [0.1, 0.15) is 34.1 Å². The Kier molecular flexibility index (Phi) is 5.23. The lowest BCUT2D eigenvalue weighted by atomic mass is 10.0. The zero-order valence-electron chi connectivity index (χ0n) is 11.8. The van der Waals surface area contributed by atoms with Gasteiger partial charge in [0.05, 0.1) is 5.25 Å². The first kappa shape index (κ1) is 15.8. The van der Waals surface area contributed by atoms with Gasteiger partial charge in [-0.1, -0.05) is 6.92 Å². The third-order valence-electron chi connectivity index (χ3n) is 2.99. The van der Waals surface area contributed by atoms with Gasteiger partial charge < -0.3 is 11.1 Å². The van der Waals surface area contributed by atoms with Crippen molar-refractivity contribution in [3.8, 4) is 0 Å². The number of hydrogen-bond acceptors (Lipinski definition) is 3. The number of thioether (sulfide) groups is 1. The molecule has 0 aliphatic carbocycles. The van der Waals surface area contributed by atoms with E-state index in [4.69, 9.17) is 5.73 Å². The normalized spacial score (nSPS) is 13.1. The molecule has 0 bridgehead atoms. The molecule has 0 radical (unpaired) electrons. The maximum atomic E-state index is 12.9. The molecule has 0 fully saturated rings. The molecule has 1 rings (SSSR count). The highest BCUT2D eigenvalue weighted by Crippen LogP contribution is 2.29. The number of amides is 1. The lowest BCUT2D eigenvalue weighted by Crippen LogP contribution is -2.46. The summed E-state index contributed by atoms with van der Waals surface area (Å²) in [5.41, 5.74) is 5.87. The summed E-state index contributed by atoms with van der Waals surface area (Å²) < 4.78 is 12.9. The van der Waals surface area contributed by atoms with Gasteiger partial charge in [-0.05, 0) is 45.4 Å². The van der Waals surface area contributed by atoms with E-state index in [2.05, 4.69) is 5.32 Å². The standard InChI is InChI=1S/C14H21FN2OS/c1-5-14(3,4)17-13(18)9(2)19-12-7-6-10(15)8-11(12)16/h6-9H,5,16H2,1-4H3,(H,17,18). The number of nitrogen functional groups attached to an aromatic ring is 1. The first-order valence-electron chi connectivity index (χ1n) is 6.29. The molecule has 19 heavy (non-hydrogen) atoms. The summed E-state index contributed by atoms with van der Waals surface area (Å²) in [5, 5.41) is 2.70. The van der Waals surface area contributed by atoms with E-state index in [0.29, 0.717) is 5.69 Å². The Morgan fingerprint density at radius 2 is 2.16 bits per heavy atom. The molecule has 1 aromatic carbocycles. The SMILES string of the molecule is CCC(C)(C)NC(=O)C(C)Sc1ccc(F)cc1N. The summed E-state index contributed by atoms with van der Waals surface area (Å²) in [6.07, 6.45) is 0.856. The largest absolute Gasteiger partial charge is 0.398 e. The summed E-state index contributed by atoms with van der Waals surface area (Å²) in [6, 6.07) is 4.21. The van der Waals surface area contributed by atoms with Crippen LogP contribution in [0.4, 0.5) is 10.1 Å². The number of hydrogen-bond donors (Lipinski definition) is 2. The third-order valence-corrected chi connectivity index (χ3v) is 4.18. The zero-order chi connectivity index (χ0) is 14.6. The van der Waals surface area contributed by atoms with E-state index >= 15 is 0 Å². The summed E-state index contributed by atoms with van der Waals surface area (Å²) in [6.45, 7) is 7.80. The van der Waals surface area contributed by atoms with E-state index in [9.17, 15) is 9.18 Å². The van der Waals surface area contributed by atoms with Crippen LogP contribution in [0.3, 0.4) is 0 Å². The van der Waals surface area contributed by atoms with Crippen LogP contribution in [0, 0.1) is 5.82 Å². The molecule has 1 amide bonds. The molecule has 106 valence electrons. The second-order valence-corrected chi connectivity index (χ2v) is 6.55. The van der Waals surface area contributed by atoms with E-state index in [-0.39, 0.29) is 22.5 Å². The molecule has 0 aromatic heterocycles. The molecule has 1 atom stereocenters. The van der Waals surface area contributed by atoms with Crippen molar-refractivity contribution in [2.45, 2.75) is 49.8 Å². The highest BCUT2D eigenvalue weighted by atomic mass is 32.2. The summed E-state index contributed by atoms with van der Waals surface area (Å²) in [4.78, 5) is 12.8. The van der Waals surface area contributed by atoms with Crippen molar-refractivity contribution >= 4 is 23.4 Å². The molecular weight excluding hydrogens is 263 g/mol. The number of carbonyl (C=O) groups is 1. The number of rotatable bonds is 5. The van der Waals surface area contributed by atoms with Gasteiger partial charge in [-0.2, -0.15) is 0 Å².